The van der Waals surface area contributed by atoms with E-state index < -0.39 is 23.4 Å². The highest BCUT2D eigenvalue weighted by Crippen LogP contribution is 2.23. The van der Waals surface area contributed by atoms with E-state index in [1.165, 1.54) is 42.5 Å². The molecule has 0 spiro atoms. The van der Waals surface area contributed by atoms with Gasteiger partial charge in [0.2, 0.25) is 11.8 Å². The standard InChI is InChI=1S/C20H17N3O7/c1-12-2-5-14(10-16(12)23(28)29)21-17(24)11-30-20(27)13-3-6-15(7-4-13)22-18(25)8-9-19(22)26/h2-7,10H,8-9,11H2,1H3,(H,21,24). The minimum Gasteiger partial charge on any atom is -0.452 e. The first kappa shape index (κ1) is 20.6. The van der Waals surface area contributed by atoms with E-state index in [0.717, 1.165) is 4.90 Å². The fourth-order valence-electron chi connectivity index (χ4n) is 2.91. The van der Waals surface area contributed by atoms with Gasteiger partial charge in [-0.3, -0.25) is 29.4 Å². The van der Waals surface area contributed by atoms with E-state index in [0.29, 0.717) is 11.3 Å². The van der Waals surface area contributed by atoms with Crippen molar-refractivity contribution in [3.05, 3.63) is 63.7 Å². The van der Waals surface area contributed by atoms with Crippen molar-refractivity contribution in [1.29, 1.82) is 0 Å². The summed E-state index contributed by atoms with van der Waals surface area (Å²) in [6.07, 6.45) is 0.309. The lowest BCUT2D eigenvalue weighted by atomic mass is 10.2. The van der Waals surface area contributed by atoms with Gasteiger partial charge < -0.3 is 10.1 Å². The lowest BCUT2D eigenvalue weighted by Gasteiger charge is -2.14. The molecule has 0 saturated carbocycles. The number of hydrogen-bond acceptors (Lipinski definition) is 7. The molecule has 2 aromatic rings. The molecule has 0 atom stereocenters. The van der Waals surface area contributed by atoms with E-state index in [9.17, 15) is 29.3 Å². The zero-order chi connectivity index (χ0) is 21.8. The number of carbonyl (C=O) groups is 4. The molecule has 2 aromatic carbocycles. The van der Waals surface area contributed by atoms with Crippen LogP contribution >= 0.6 is 0 Å². The predicted molar refractivity (Wildman–Crippen MR) is 105 cm³/mol. The number of hydrogen-bond donors (Lipinski definition) is 1. The average molecular weight is 411 g/mol. The number of amides is 3. The summed E-state index contributed by atoms with van der Waals surface area (Å²) in [4.78, 5) is 59.0. The molecule has 0 radical (unpaired) electrons. The summed E-state index contributed by atoms with van der Waals surface area (Å²) in [5.41, 5.74) is 1.01. The van der Waals surface area contributed by atoms with E-state index in [-0.39, 0.29) is 41.6 Å². The Balaban J connectivity index is 1.57. The third-order valence-electron chi connectivity index (χ3n) is 4.44. The van der Waals surface area contributed by atoms with Gasteiger partial charge in [0, 0.05) is 30.2 Å². The van der Waals surface area contributed by atoms with E-state index >= 15 is 0 Å². The Morgan fingerprint density at radius 1 is 1.10 bits per heavy atom. The number of nitro benzene ring substituents is 1. The van der Waals surface area contributed by atoms with Crippen LogP contribution in [0.25, 0.3) is 0 Å². The van der Waals surface area contributed by atoms with Gasteiger partial charge in [-0.05, 0) is 37.3 Å². The highest BCUT2D eigenvalue weighted by atomic mass is 16.6. The lowest BCUT2D eigenvalue weighted by molar-refractivity contribution is -0.385. The van der Waals surface area contributed by atoms with Crippen molar-refractivity contribution >= 4 is 40.8 Å². The predicted octanol–water partition coefficient (Wildman–Crippen LogP) is 2.35. The number of nitrogens with zero attached hydrogens (tertiary/aromatic N) is 2. The van der Waals surface area contributed by atoms with Gasteiger partial charge >= 0.3 is 5.97 Å². The molecule has 0 bridgehead atoms. The van der Waals surface area contributed by atoms with Gasteiger partial charge in [0.25, 0.3) is 11.6 Å². The number of anilines is 2. The van der Waals surface area contributed by atoms with Crippen molar-refractivity contribution in [2.75, 3.05) is 16.8 Å². The van der Waals surface area contributed by atoms with Crippen LogP contribution in [0.15, 0.2) is 42.5 Å². The van der Waals surface area contributed by atoms with Crippen molar-refractivity contribution in [2.24, 2.45) is 0 Å². The SMILES string of the molecule is Cc1ccc(NC(=O)COC(=O)c2ccc(N3C(=O)CCC3=O)cc2)cc1[N+](=O)[O-]. The molecule has 3 amide bonds. The van der Waals surface area contributed by atoms with Crippen molar-refractivity contribution in [3.8, 4) is 0 Å². The molecule has 0 aliphatic carbocycles. The molecule has 1 heterocycles. The third-order valence-corrected chi connectivity index (χ3v) is 4.44. The van der Waals surface area contributed by atoms with Crippen LogP contribution in [-0.4, -0.2) is 35.2 Å². The van der Waals surface area contributed by atoms with E-state index in [1.54, 1.807) is 6.92 Å². The van der Waals surface area contributed by atoms with Gasteiger partial charge in [-0.25, -0.2) is 4.79 Å². The Bertz CT molecular complexity index is 1030. The van der Waals surface area contributed by atoms with Crippen molar-refractivity contribution in [3.63, 3.8) is 0 Å². The smallest absolute Gasteiger partial charge is 0.338 e. The molecule has 1 saturated heterocycles. The second-order valence-electron chi connectivity index (χ2n) is 6.55. The van der Waals surface area contributed by atoms with Crippen LogP contribution in [0.4, 0.5) is 17.1 Å². The van der Waals surface area contributed by atoms with Crippen molar-refractivity contribution in [1.82, 2.24) is 0 Å². The minimum atomic E-state index is -0.773. The Morgan fingerprint density at radius 2 is 1.73 bits per heavy atom. The number of ether oxygens (including phenoxy) is 1. The topological polar surface area (TPSA) is 136 Å². The Hall–Kier alpha value is -4.08. The molecule has 10 heteroatoms. The summed E-state index contributed by atoms with van der Waals surface area (Å²) in [7, 11) is 0. The van der Waals surface area contributed by atoms with Crippen LogP contribution < -0.4 is 10.2 Å². The van der Waals surface area contributed by atoms with Crippen LogP contribution in [0.2, 0.25) is 0 Å². The maximum absolute atomic E-state index is 12.1. The molecule has 0 aromatic heterocycles. The zero-order valence-corrected chi connectivity index (χ0v) is 15.9. The molecule has 0 unspecified atom stereocenters. The highest BCUT2D eigenvalue weighted by molar-refractivity contribution is 6.19. The fraction of sp³-hybridized carbons (Fsp3) is 0.200. The summed E-state index contributed by atoms with van der Waals surface area (Å²) in [5, 5.41) is 13.4. The summed E-state index contributed by atoms with van der Waals surface area (Å²) in [6.45, 7) is 0.984. The average Bonchev–Trinajstić information content (AvgIpc) is 3.05. The second kappa shape index (κ2) is 8.52. The first-order valence-electron chi connectivity index (χ1n) is 8.94. The van der Waals surface area contributed by atoms with E-state index in [4.69, 9.17) is 4.74 Å². The molecule has 10 nitrogen and oxygen atoms in total. The summed E-state index contributed by atoms with van der Waals surface area (Å²) < 4.78 is 4.94. The highest BCUT2D eigenvalue weighted by Gasteiger charge is 2.30. The van der Waals surface area contributed by atoms with Crippen LogP contribution in [0.5, 0.6) is 0 Å². The van der Waals surface area contributed by atoms with Crippen LogP contribution in [-0.2, 0) is 19.1 Å². The molecule has 1 aliphatic rings. The van der Waals surface area contributed by atoms with Gasteiger partial charge in [0.05, 0.1) is 16.2 Å². The van der Waals surface area contributed by atoms with E-state index in [2.05, 4.69) is 5.32 Å². The molecule has 1 N–H and O–H groups in total. The van der Waals surface area contributed by atoms with Gasteiger partial charge in [0.1, 0.15) is 0 Å². The molecule has 154 valence electrons. The molecule has 1 aliphatic heterocycles. The maximum Gasteiger partial charge on any atom is 0.338 e. The lowest BCUT2D eigenvalue weighted by Crippen LogP contribution is -2.28. The van der Waals surface area contributed by atoms with Crippen LogP contribution in [0, 0.1) is 17.0 Å². The number of rotatable bonds is 6. The number of nitro groups is 1. The summed E-state index contributed by atoms with van der Waals surface area (Å²) in [6, 6.07) is 9.88. The normalized spacial score (nSPS) is 13.3. The fourth-order valence-corrected chi connectivity index (χ4v) is 2.91. The first-order chi connectivity index (χ1) is 14.3. The van der Waals surface area contributed by atoms with Crippen LogP contribution in [0.3, 0.4) is 0 Å². The van der Waals surface area contributed by atoms with Gasteiger partial charge in [0.15, 0.2) is 6.61 Å². The maximum atomic E-state index is 12.1. The monoisotopic (exact) mass is 411 g/mol. The number of imide groups is 1. The quantitative estimate of drug-likeness (QED) is 0.333. The number of nitrogens with one attached hydrogen (secondary N) is 1. The third kappa shape index (κ3) is 4.49. The molecular weight excluding hydrogens is 394 g/mol. The van der Waals surface area contributed by atoms with Gasteiger partial charge in [-0.1, -0.05) is 6.07 Å². The van der Waals surface area contributed by atoms with Gasteiger partial charge in [-0.15, -0.1) is 0 Å². The molecule has 30 heavy (non-hydrogen) atoms. The molecule has 3 rings (SSSR count). The molecular formula is C20H17N3O7. The Morgan fingerprint density at radius 3 is 2.33 bits per heavy atom. The van der Waals surface area contributed by atoms with Crippen LogP contribution in [0.1, 0.15) is 28.8 Å². The molecule has 1 fully saturated rings. The number of carbonyl (C=O) groups excluding carboxylic acids is 4. The minimum absolute atomic E-state index is 0.136. The zero-order valence-electron chi connectivity index (χ0n) is 15.9. The van der Waals surface area contributed by atoms with E-state index in [1.807, 2.05) is 0 Å². The largest absolute Gasteiger partial charge is 0.452 e. The first-order valence-corrected chi connectivity index (χ1v) is 8.94. The number of benzene rings is 2. The van der Waals surface area contributed by atoms with Crippen molar-refractivity contribution < 1.29 is 28.8 Å². The Kier molecular flexibility index (Phi) is 5.86. The van der Waals surface area contributed by atoms with Gasteiger partial charge in [-0.2, -0.15) is 0 Å². The van der Waals surface area contributed by atoms with Crippen molar-refractivity contribution in [2.45, 2.75) is 19.8 Å². The number of aryl methyl sites for hydroxylation is 1. The summed E-state index contributed by atoms with van der Waals surface area (Å²) in [5.74, 6) is -2.04. The number of esters is 1. The summed E-state index contributed by atoms with van der Waals surface area (Å²) >= 11 is 0. The second-order valence-corrected chi connectivity index (χ2v) is 6.55. The Labute approximate surface area is 170 Å².